The van der Waals surface area contributed by atoms with Gasteiger partial charge in [-0.1, -0.05) is 11.2 Å². The Morgan fingerprint density at radius 3 is 2.62 bits per heavy atom. The molecule has 25 heteroatoms. The molecule has 1 fully saturated rings. The number of nitrogens with two attached hydrogens (primary N) is 2. The standard InChI is InChI=1S/C30H32N12O11S2/c1-30(2,28(50)51)53-38-18(22-37-29(32)55-39-22)24(46)36-19-25(47)42-20(27(48)49)13(11-54-26(19)42)4-3-7-40-9-14(21(31)35-12-40)33-5-6-34-23(45)15-8-16(43)17(44)10-41(15)52/h3-4,8-10,12,19,26,31,33,52H,5-7,11H2,1-2H3,(H7,32,34,36,37,39,44,45,46,48,49,50,51)/p+1/b4-3+,38-18-/t19-,26?/m1/s1. The van der Waals surface area contributed by atoms with Gasteiger partial charge in [0.15, 0.2) is 10.9 Å². The zero-order valence-corrected chi connectivity index (χ0v) is 30.3. The molecule has 1 saturated heterocycles. The van der Waals surface area contributed by atoms with Crippen molar-refractivity contribution < 1.29 is 53.9 Å². The molecule has 23 nitrogen and oxygen atoms in total. The zero-order valence-electron chi connectivity index (χ0n) is 28.7. The molecular formula is C30H33N12O11S2+. The molecular weight excluding hydrogens is 769 g/mol. The zero-order chi connectivity index (χ0) is 40.2. The van der Waals surface area contributed by atoms with Crippen LogP contribution in [0.25, 0.3) is 0 Å². The smallest absolute Gasteiger partial charge is 0.352 e. The predicted molar refractivity (Wildman–Crippen MR) is 192 cm³/mol. The molecule has 11 N–H and O–H groups in total. The number of rotatable bonds is 15. The first-order valence-electron chi connectivity index (χ1n) is 15.8. The van der Waals surface area contributed by atoms with Crippen molar-refractivity contribution in [3.8, 4) is 5.75 Å². The number of hydrogen-bond acceptors (Lipinski definition) is 18. The van der Waals surface area contributed by atoms with Crippen molar-refractivity contribution in [1.29, 1.82) is 0 Å². The van der Waals surface area contributed by atoms with Gasteiger partial charge in [-0.2, -0.15) is 14.1 Å². The summed E-state index contributed by atoms with van der Waals surface area (Å²) in [6.45, 7) is 2.79. The van der Waals surface area contributed by atoms with Gasteiger partial charge in [-0.15, -0.1) is 11.8 Å². The average molecular weight is 802 g/mol. The summed E-state index contributed by atoms with van der Waals surface area (Å²) in [5.41, 5.74) is 8.46. The Morgan fingerprint density at radius 1 is 1.20 bits per heavy atom. The molecule has 2 atom stereocenters. The van der Waals surface area contributed by atoms with E-state index in [1.165, 1.54) is 31.9 Å². The third kappa shape index (κ3) is 8.73. The van der Waals surface area contributed by atoms with E-state index in [-0.39, 0.29) is 53.6 Å². The third-order valence-electron chi connectivity index (χ3n) is 7.76. The van der Waals surface area contributed by atoms with Gasteiger partial charge in [0.1, 0.15) is 41.2 Å². The molecule has 3 amide bonds. The molecule has 3 aromatic heterocycles. The Morgan fingerprint density at radius 2 is 1.95 bits per heavy atom. The lowest BCUT2D eigenvalue weighted by Crippen LogP contribution is -2.71. The fourth-order valence-electron chi connectivity index (χ4n) is 4.87. The Balaban J connectivity index is 1.21. The van der Waals surface area contributed by atoms with Gasteiger partial charge in [-0.05, 0) is 30.5 Å². The van der Waals surface area contributed by atoms with Gasteiger partial charge in [-0.25, -0.2) is 14.2 Å². The summed E-state index contributed by atoms with van der Waals surface area (Å²) in [5.74, 6) is -5.92. The first-order chi connectivity index (χ1) is 26.0. The van der Waals surface area contributed by atoms with E-state index in [9.17, 15) is 49.3 Å². The van der Waals surface area contributed by atoms with E-state index in [4.69, 9.17) is 16.3 Å². The number of β-lactam (4-membered cyclic amide) rings is 1. The Labute approximate surface area is 317 Å². The van der Waals surface area contributed by atoms with Crippen LogP contribution in [0, 0.1) is 0 Å². The van der Waals surface area contributed by atoms with Crippen molar-refractivity contribution in [2.45, 2.75) is 37.4 Å². The number of nitrogens with one attached hydrogen (secondary N) is 3. The summed E-state index contributed by atoms with van der Waals surface area (Å²) in [7, 11) is 0. The number of carbonyl (C=O) groups is 5. The van der Waals surface area contributed by atoms with Crippen LogP contribution in [0.15, 0.2) is 58.2 Å². The lowest BCUT2D eigenvalue weighted by molar-refractivity contribution is -0.689. The molecule has 0 aliphatic carbocycles. The van der Waals surface area contributed by atoms with Gasteiger partial charge in [0.05, 0.1) is 6.20 Å². The predicted octanol–water partition coefficient (Wildman–Crippen LogP) is -2.09. The Kier molecular flexibility index (Phi) is 11.5. The van der Waals surface area contributed by atoms with Crippen molar-refractivity contribution in [3.05, 3.63) is 70.0 Å². The average Bonchev–Trinajstić information content (AvgIpc) is 3.56. The highest BCUT2D eigenvalue weighted by Crippen LogP contribution is 2.40. The molecule has 0 bridgehead atoms. The van der Waals surface area contributed by atoms with Gasteiger partial charge in [0, 0.05) is 36.4 Å². The Hall–Kier alpha value is -6.76. The summed E-state index contributed by atoms with van der Waals surface area (Å²) >= 11 is 1.94. The number of pyridine rings is 1. The van der Waals surface area contributed by atoms with Crippen molar-refractivity contribution in [2.24, 2.45) is 5.16 Å². The second-order valence-electron chi connectivity index (χ2n) is 12.0. The molecule has 0 spiro atoms. The number of hydrogen-bond donors (Lipinski definition) is 9. The fourth-order valence-corrected chi connectivity index (χ4v) is 6.62. The van der Waals surface area contributed by atoms with E-state index in [1.54, 1.807) is 22.9 Å². The molecule has 5 heterocycles. The molecule has 2 aliphatic heterocycles. The van der Waals surface area contributed by atoms with Crippen LogP contribution in [0.3, 0.4) is 0 Å². The van der Waals surface area contributed by atoms with Crippen LogP contribution in [0.5, 0.6) is 5.75 Å². The first-order valence-corrected chi connectivity index (χ1v) is 17.6. The fraction of sp³-hybridized carbons (Fsp3) is 0.300. The number of nitrogen functional groups attached to an aromatic ring is 2. The Bertz CT molecular complexity index is 2220. The summed E-state index contributed by atoms with van der Waals surface area (Å²) in [4.78, 5) is 88.5. The van der Waals surface area contributed by atoms with Gasteiger partial charge in [-0.3, -0.25) is 24.1 Å². The number of carbonyl (C=O) groups excluding carboxylic acids is 3. The lowest BCUT2D eigenvalue weighted by atomic mass is 10.0. The largest absolute Gasteiger partial charge is 0.503 e. The molecule has 0 saturated carbocycles. The van der Waals surface area contributed by atoms with Gasteiger partial charge in [0.25, 0.3) is 29.9 Å². The summed E-state index contributed by atoms with van der Waals surface area (Å²) in [6, 6.07) is -0.393. The van der Waals surface area contributed by atoms with Gasteiger partial charge < -0.3 is 52.8 Å². The number of anilines is 3. The summed E-state index contributed by atoms with van der Waals surface area (Å²) < 4.78 is 5.87. The minimum absolute atomic E-state index is 0.0168. The lowest BCUT2D eigenvalue weighted by Gasteiger charge is -2.49. The van der Waals surface area contributed by atoms with Crippen LogP contribution >= 0.6 is 23.3 Å². The number of thioether (sulfide) groups is 1. The number of fused-ring (bicyclic) bond motifs is 1. The quantitative estimate of drug-likeness (QED) is 0.0199. The first kappa shape index (κ1) is 39.4. The maximum atomic E-state index is 13.3. The minimum Gasteiger partial charge on any atom is -0.503 e. The number of carboxylic acids is 2. The topological polar surface area (TPSA) is 344 Å². The maximum Gasteiger partial charge on any atom is 0.352 e. The number of aromatic hydroxyl groups is 1. The molecule has 0 aromatic carbocycles. The van der Waals surface area contributed by atoms with Crippen LogP contribution < -0.4 is 37.4 Å². The molecule has 55 heavy (non-hydrogen) atoms. The normalized spacial score (nSPS) is 17.0. The number of nitrogens with zero attached hydrogens (tertiary/aromatic N) is 7. The van der Waals surface area contributed by atoms with E-state index < -0.39 is 63.6 Å². The van der Waals surface area contributed by atoms with E-state index in [0.717, 1.165) is 22.5 Å². The molecule has 0 radical (unpaired) electrons. The highest BCUT2D eigenvalue weighted by atomic mass is 32.2. The third-order valence-corrected chi connectivity index (χ3v) is 9.60. The van der Waals surface area contributed by atoms with E-state index >= 15 is 0 Å². The van der Waals surface area contributed by atoms with Crippen LogP contribution in [0.4, 0.5) is 16.6 Å². The van der Waals surface area contributed by atoms with E-state index in [2.05, 4.69) is 35.4 Å². The minimum atomic E-state index is -1.84. The summed E-state index contributed by atoms with van der Waals surface area (Å²) in [6.07, 6.45) is 6.94. The SMILES string of the molecule is CC(C)(O/N=C(\C(=O)N[C@@H]1C(=O)N2C(C(=O)O)=C(/C=C/C[n+]3cnc(N)c(NCCNC(=O)c4cc(=O)c(O)cn4O)c3)CSC12)c1nsc(N)n1)C(=O)O. The molecule has 3 aromatic rings. The van der Waals surface area contributed by atoms with Gasteiger partial charge >= 0.3 is 11.9 Å². The number of carboxylic acid groups (broad SMARTS) is 2. The number of aliphatic carboxylic acids is 2. The van der Waals surface area contributed by atoms with Gasteiger partial charge in [0.2, 0.25) is 22.6 Å². The second kappa shape index (κ2) is 16.1. The molecule has 2 aliphatic rings. The number of allylic oxidation sites excluding steroid dienone is 2. The summed E-state index contributed by atoms with van der Waals surface area (Å²) in [5, 5.41) is 49.4. The highest BCUT2D eigenvalue weighted by Gasteiger charge is 2.54. The number of oxime groups is 1. The molecule has 1 unspecified atom stereocenters. The van der Waals surface area contributed by atoms with Crippen LogP contribution in [-0.4, -0.2) is 116 Å². The molecule has 5 rings (SSSR count). The van der Waals surface area contributed by atoms with Crippen LogP contribution in [0.1, 0.15) is 30.2 Å². The van der Waals surface area contributed by atoms with Crippen molar-refractivity contribution in [1.82, 2.24) is 34.6 Å². The second-order valence-corrected chi connectivity index (χ2v) is 13.9. The maximum absolute atomic E-state index is 13.3. The van der Waals surface area contributed by atoms with Crippen LogP contribution in [-0.2, 0) is 30.6 Å². The van der Waals surface area contributed by atoms with Crippen LogP contribution in [0.2, 0.25) is 0 Å². The monoisotopic (exact) mass is 801 g/mol. The number of amides is 3. The van der Waals surface area contributed by atoms with Crippen molar-refractivity contribution >= 4 is 75.3 Å². The highest BCUT2D eigenvalue weighted by molar-refractivity contribution is 8.00. The van der Waals surface area contributed by atoms with Crippen molar-refractivity contribution in [3.63, 3.8) is 0 Å². The van der Waals surface area contributed by atoms with E-state index in [1.807, 2.05) is 0 Å². The van der Waals surface area contributed by atoms with Crippen molar-refractivity contribution in [2.75, 3.05) is 35.6 Å². The molecule has 290 valence electrons. The number of aromatic nitrogens is 5. The van der Waals surface area contributed by atoms with E-state index in [0.29, 0.717) is 22.2 Å².